The molecular formula is C13H21ClN2. The quantitative estimate of drug-likeness (QED) is 0.790. The lowest BCUT2D eigenvalue weighted by Gasteiger charge is -2.18. The summed E-state index contributed by atoms with van der Waals surface area (Å²) >= 11 is 6.11. The Morgan fingerprint density at radius 1 is 1.44 bits per heavy atom. The van der Waals surface area contributed by atoms with Crippen molar-refractivity contribution in [2.75, 3.05) is 6.54 Å². The highest BCUT2D eigenvalue weighted by Gasteiger charge is 2.09. The first-order valence-corrected chi connectivity index (χ1v) is 6.47. The molecule has 90 valence electrons. The van der Waals surface area contributed by atoms with Gasteiger partial charge < -0.3 is 5.32 Å². The van der Waals surface area contributed by atoms with E-state index in [4.69, 9.17) is 11.6 Å². The van der Waals surface area contributed by atoms with E-state index in [1.165, 1.54) is 24.8 Å². The molecule has 1 atom stereocenters. The third-order valence-corrected chi connectivity index (χ3v) is 3.06. The summed E-state index contributed by atoms with van der Waals surface area (Å²) in [7, 11) is 0. The minimum Gasteiger partial charge on any atom is -0.314 e. The van der Waals surface area contributed by atoms with E-state index in [2.05, 4.69) is 24.1 Å². The minimum absolute atomic E-state index is 0.532. The number of hydrogen-bond donors (Lipinski definition) is 1. The fourth-order valence-corrected chi connectivity index (χ4v) is 2.05. The maximum Gasteiger partial charge on any atom is 0.0621 e. The molecule has 0 fully saturated rings. The highest BCUT2D eigenvalue weighted by Crippen LogP contribution is 2.17. The summed E-state index contributed by atoms with van der Waals surface area (Å²) in [4.78, 5) is 4.01. The van der Waals surface area contributed by atoms with Gasteiger partial charge in [-0.1, -0.05) is 38.3 Å². The van der Waals surface area contributed by atoms with E-state index >= 15 is 0 Å². The molecule has 0 saturated carbocycles. The minimum atomic E-state index is 0.532. The maximum absolute atomic E-state index is 6.11. The standard InChI is InChI=1S/C13H21ClN2/c1-3-5-6-12(16-4-2)9-11-7-8-15-10-13(11)14/h7-8,10,12,16H,3-6,9H2,1-2H3. The Morgan fingerprint density at radius 3 is 2.88 bits per heavy atom. The van der Waals surface area contributed by atoms with E-state index in [-0.39, 0.29) is 0 Å². The third kappa shape index (κ3) is 4.50. The van der Waals surface area contributed by atoms with Crippen LogP contribution in [0.3, 0.4) is 0 Å². The summed E-state index contributed by atoms with van der Waals surface area (Å²) in [6, 6.07) is 2.54. The maximum atomic E-state index is 6.11. The SMILES string of the molecule is CCCCC(Cc1ccncc1Cl)NCC. The number of halogens is 1. The van der Waals surface area contributed by atoms with Crippen LogP contribution in [0.4, 0.5) is 0 Å². The molecule has 1 unspecified atom stereocenters. The van der Waals surface area contributed by atoms with Crippen LogP contribution in [-0.2, 0) is 6.42 Å². The van der Waals surface area contributed by atoms with Crippen LogP contribution in [0.2, 0.25) is 5.02 Å². The largest absolute Gasteiger partial charge is 0.314 e. The first kappa shape index (κ1) is 13.5. The van der Waals surface area contributed by atoms with Crippen LogP contribution in [0.5, 0.6) is 0 Å². The zero-order valence-electron chi connectivity index (χ0n) is 10.2. The molecule has 0 bridgehead atoms. The molecule has 0 spiro atoms. The predicted octanol–water partition coefficient (Wildman–Crippen LogP) is 3.45. The lowest BCUT2D eigenvalue weighted by molar-refractivity contribution is 0.473. The summed E-state index contributed by atoms with van der Waals surface area (Å²) in [6.45, 7) is 5.38. The van der Waals surface area contributed by atoms with Crippen molar-refractivity contribution in [1.29, 1.82) is 0 Å². The topological polar surface area (TPSA) is 24.9 Å². The first-order valence-electron chi connectivity index (χ1n) is 6.09. The highest BCUT2D eigenvalue weighted by molar-refractivity contribution is 6.31. The van der Waals surface area contributed by atoms with Gasteiger partial charge in [0.15, 0.2) is 0 Å². The van der Waals surface area contributed by atoms with Crippen molar-refractivity contribution in [3.05, 3.63) is 29.0 Å². The number of aromatic nitrogens is 1. The summed E-state index contributed by atoms with van der Waals surface area (Å²) in [5, 5.41) is 4.29. The van der Waals surface area contributed by atoms with Crippen LogP contribution >= 0.6 is 11.6 Å². The Labute approximate surface area is 103 Å². The molecule has 1 rings (SSSR count). The number of likely N-dealkylation sites (N-methyl/N-ethyl adjacent to an activating group) is 1. The molecule has 0 radical (unpaired) electrons. The Morgan fingerprint density at radius 2 is 2.25 bits per heavy atom. The van der Waals surface area contributed by atoms with Gasteiger partial charge in [0.25, 0.3) is 0 Å². The molecule has 16 heavy (non-hydrogen) atoms. The van der Waals surface area contributed by atoms with E-state index < -0.39 is 0 Å². The van der Waals surface area contributed by atoms with Crippen molar-refractivity contribution < 1.29 is 0 Å². The molecule has 3 heteroatoms. The molecule has 0 saturated heterocycles. The van der Waals surface area contributed by atoms with Gasteiger partial charge in [0.1, 0.15) is 0 Å². The van der Waals surface area contributed by atoms with Gasteiger partial charge in [0.2, 0.25) is 0 Å². The molecule has 1 N–H and O–H groups in total. The molecule has 1 aromatic heterocycles. The summed E-state index contributed by atoms with van der Waals surface area (Å²) < 4.78 is 0. The van der Waals surface area contributed by atoms with Crippen LogP contribution in [0, 0.1) is 0 Å². The predicted molar refractivity (Wildman–Crippen MR) is 69.9 cm³/mol. The van der Waals surface area contributed by atoms with Gasteiger partial charge >= 0.3 is 0 Å². The molecule has 0 amide bonds. The molecule has 1 aromatic rings. The molecule has 1 heterocycles. The Balaban J connectivity index is 2.56. The van der Waals surface area contributed by atoms with Crippen LogP contribution in [-0.4, -0.2) is 17.6 Å². The third-order valence-electron chi connectivity index (χ3n) is 2.72. The number of hydrogen-bond acceptors (Lipinski definition) is 2. The van der Waals surface area contributed by atoms with Gasteiger partial charge in [-0.05, 0) is 31.0 Å². The van der Waals surface area contributed by atoms with E-state index in [1.54, 1.807) is 6.20 Å². The zero-order chi connectivity index (χ0) is 11.8. The van der Waals surface area contributed by atoms with Crippen molar-refractivity contribution in [3.8, 4) is 0 Å². The Kier molecular flexibility index (Phi) is 6.43. The molecule has 0 aliphatic rings. The zero-order valence-corrected chi connectivity index (χ0v) is 10.9. The summed E-state index contributed by atoms with van der Waals surface area (Å²) in [5.41, 5.74) is 1.19. The van der Waals surface area contributed by atoms with Gasteiger partial charge in [0, 0.05) is 18.4 Å². The average molecular weight is 241 g/mol. The van der Waals surface area contributed by atoms with E-state index in [0.29, 0.717) is 6.04 Å². The van der Waals surface area contributed by atoms with Gasteiger partial charge in [-0.3, -0.25) is 4.98 Å². The molecule has 0 aromatic carbocycles. The molecule has 0 aliphatic heterocycles. The van der Waals surface area contributed by atoms with Gasteiger partial charge in [0.05, 0.1) is 5.02 Å². The molecule has 2 nitrogen and oxygen atoms in total. The van der Waals surface area contributed by atoms with Crippen LogP contribution in [0.15, 0.2) is 18.5 Å². The molecular weight excluding hydrogens is 220 g/mol. The summed E-state index contributed by atoms with van der Waals surface area (Å²) in [6.07, 6.45) is 8.24. The highest BCUT2D eigenvalue weighted by atomic mass is 35.5. The van der Waals surface area contributed by atoms with Crippen molar-refractivity contribution in [1.82, 2.24) is 10.3 Å². The van der Waals surface area contributed by atoms with Crippen LogP contribution < -0.4 is 5.32 Å². The fraction of sp³-hybridized carbons (Fsp3) is 0.615. The van der Waals surface area contributed by atoms with Crippen LogP contribution in [0.1, 0.15) is 38.7 Å². The molecule has 0 aliphatic carbocycles. The van der Waals surface area contributed by atoms with Gasteiger partial charge in [-0.15, -0.1) is 0 Å². The number of nitrogens with one attached hydrogen (secondary N) is 1. The van der Waals surface area contributed by atoms with Crippen molar-refractivity contribution in [3.63, 3.8) is 0 Å². The number of pyridine rings is 1. The second-order valence-electron chi connectivity index (χ2n) is 4.07. The van der Waals surface area contributed by atoms with Crippen molar-refractivity contribution in [2.45, 2.75) is 45.6 Å². The van der Waals surface area contributed by atoms with Crippen molar-refractivity contribution in [2.24, 2.45) is 0 Å². The normalized spacial score (nSPS) is 12.7. The van der Waals surface area contributed by atoms with E-state index in [9.17, 15) is 0 Å². The lowest BCUT2D eigenvalue weighted by atomic mass is 10.0. The second-order valence-corrected chi connectivity index (χ2v) is 4.48. The lowest BCUT2D eigenvalue weighted by Crippen LogP contribution is -2.31. The van der Waals surface area contributed by atoms with E-state index in [1.807, 2.05) is 12.3 Å². The number of rotatable bonds is 7. The second kappa shape index (κ2) is 7.64. The number of unbranched alkanes of at least 4 members (excludes halogenated alkanes) is 1. The van der Waals surface area contributed by atoms with Crippen LogP contribution in [0.25, 0.3) is 0 Å². The fourth-order valence-electron chi connectivity index (χ4n) is 1.85. The average Bonchev–Trinajstić information content (AvgIpc) is 2.29. The van der Waals surface area contributed by atoms with Crippen molar-refractivity contribution >= 4 is 11.6 Å². The van der Waals surface area contributed by atoms with E-state index in [0.717, 1.165) is 18.0 Å². The van der Waals surface area contributed by atoms with Gasteiger partial charge in [-0.2, -0.15) is 0 Å². The summed E-state index contributed by atoms with van der Waals surface area (Å²) in [5.74, 6) is 0. The number of nitrogens with zero attached hydrogens (tertiary/aromatic N) is 1. The Hall–Kier alpha value is -0.600. The monoisotopic (exact) mass is 240 g/mol. The first-order chi connectivity index (χ1) is 7.77. The Bertz CT molecular complexity index is 302. The van der Waals surface area contributed by atoms with Gasteiger partial charge in [-0.25, -0.2) is 0 Å². The smallest absolute Gasteiger partial charge is 0.0621 e.